The van der Waals surface area contributed by atoms with Gasteiger partial charge in [-0.15, -0.1) is 0 Å². The Morgan fingerprint density at radius 2 is 2.00 bits per heavy atom. The molecule has 0 N–H and O–H groups in total. The van der Waals surface area contributed by atoms with Gasteiger partial charge < -0.3 is 9.64 Å². The molecule has 0 aliphatic rings. The maximum absolute atomic E-state index is 12.5. The van der Waals surface area contributed by atoms with Crippen LogP contribution < -0.4 is 4.74 Å². The Bertz CT molecular complexity index is 660. The molecule has 0 heterocycles. The Hall–Kier alpha value is -1.52. The van der Waals surface area contributed by atoms with Crippen molar-refractivity contribution in [2.45, 2.75) is 6.54 Å². The molecule has 5 heteroatoms. The van der Waals surface area contributed by atoms with E-state index in [-0.39, 0.29) is 5.91 Å². The van der Waals surface area contributed by atoms with Crippen LogP contribution in [-0.2, 0) is 6.54 Å². The summed E-state index contributed by atoms with van der Waals surface area (Å²) in [6, 6.07) is 12.8. The molecule has 0 aliphatic heterocycles. The fourth-order valence-corrected chi connectivity index (χ4v) is 2.54. The molecule has 0 saturated carbocycles. The number of halogens is 2. The molecule has 0 bridgehead atoms. The standard InChI is InChI=1S/C16H15BrClNO2/c1-19(10-11-5-3-4-6-14(11)18)16(20)13-8-7-12(17)9-15(13)21-2/h3-9H,10H2,1-2H3. The number of benzene rings is 2. The molecule has 0 atom stereocenters. The number of ether oxygens (including phenoxy) is 1. The fraction of sp³-hybridized carbons (Fsp3) is 0.188. The number of carbonyl (C=O) groups is 1. The smallest absolute Gasteiger partial charge is 0.257 e. The summed E-state index contributed by atoms with van der Waals surface area (Å²) in [5.74, 6) is 0.430. The number of methoxy groups -OCH3 is 1. The lowest BCUT2D eigenvalue weighted by Crippen LogP contribution is -2.26. The van der Waals surface area contributed by atoms with Gasteiger partial charge in [-0.25, -0.2) is 0 Å². The molecule has 2 aromatic carbocycles. The highest BCUT2D eigenvalue weighted by atomic mass is 79.9. The monoisotopic (exact) mass is 367 g/mol. The molecule has 2 aromatic rings. The molecule has 2 rings (SSSR count). The Balaban J connectivity index is 2.22. The van der Waals surface area contributed by atoms with Gasteiger partial charge in [0.25, 0.3) is 5.91 Å². The Labute approximate surface area is 137 Å². The summed E-state index contributed by atoms with van der Waals surface area (Å²) in [5.41, 5.74) is 1.43. The van der Waals surface area contributed by atoms with Crippen molar-refractivity contribution in [1.29, 1.82) is 0 Å². The molecule has 21 heavy (non-hydrogen) atoms. The molecule has 0 spiro atoms. The lowest BCUT2D eigenvalue weighted by atomic mass is 10.1. The minimum absolute atomic E-state index is 0.112. The molecule has 1 amide bonds. The average molecular weight is 369 g/mol. The average Bonchev–Trinajstić information content (AvgIpc) is 2.48. The Morgan fingerprint density at radius 1 is 1.29 bits per heavy atom. The summed E-state index contributed by atoms with van der Waals surface area (Å²) < 4.78 is 6.13. The van der Waals surface area contributed by atoms with Crippen LogP contribution in [0.2, 0.25) is 5.02 Å². The third-order valence-electron chi connectivity index (χ3n) is 3.11. The maximum Gasteiger partial charge on any atom is 0.257 e. The minimum atomic E-state index is -0.112. The van der Waals surface area contributed by atoms with Gasteiger partial charge in [-0.1, -0.05) is 45.7 Å². The highest BCUT2D eigenvalue weighted by molar-refractivity contribution is 9.10. The Morgan fingerprint density at radius 3 is 2.67 bits per heavy atom. The number of carbonyl (C=O) groups excluding carboxylic acids is 1. The molecule has 3 nitrogen and oxygen atoms in total. The lowest BCUT2D eigenvalue weighted by molar-refractivity contribution is 0.0782. The highest BCUT2D eigenvalue weighted by Gasteiger charge is 2.17. The lowest BCUT2D eigenvalue weighted by Gasteiger charge is -2.19. The maximum atomic E-state index is 12.5. The first-order valence-electron chi connectivity index (χ1n) is 6.35. The predicted molar refractivity (Wildman–Crippen MR) is 87.9 cm³/mol. The van der Waals surface area contributed by atoms with E-state index in [0.717, 1.165) is 10.0 Å². The molecule has 0 aromatic heterocycles. The van der Waals surface area contributed by atoms with Gasteiger partial charge in [0.05, 0.1) is 12.7 Å². The summed E-state index contributed by atoms with van der Waals surface area (Å²) in [6.07, 6.45) is 0. The molecule has 0 aliphatic carbocycles. The quantitative estimate of drug-likeness (QED) is 0.801. The van der Waals surface area contributed by atoms with E-state index in [9.17, 15) is 4.79 Å². The zero-order valence-electron chi connectivity index (χ0n) is 11.8. The SMILES string of the molecule is COc1cc(Br)ccc1C(=O)N(C)Cc1ccccc1Cl. The van der Waals surface area contributed by atoms with Crippen LogP contribution in [0.25, 0.3) is 0 Å². The van der Waals surface area contributed by atoms with Gasteiger partial charge >= 0.3 is 0 Å². The van der Waals surface area contributed by atoms with Crippen LogP contribution in [0, 0.1) is 0 Å². The van der Waals surface area contributed by atoms with Crippen molar-refractivity contribution in [2.75, 3.05) is 14.2 Å². The third-order valence-corrected chi connectivity index (χ3v) is 3.97. The van der Waals surface area contributed by atoms with Gasteiger partial charge in [0.15, 0.2) is 0 Å². The molecule has 0 saturated heterocycles. The van der Waals surface area contributed by atoms with E-state index in [1.807, 2.05) is 30.3 Å². The molecule has 110 valence electrons. The van der Waals surface area contributed by atoms with E-state index in [1.54, 1.807) is 31.2 Å². The van der Waals surface area contributed by atoms with E-state index in [0.29, 0.717) is 22.9 Å². The van der Waals surface area contributed by atoms with Crippen molar-refractivity contribution in [2.24, 2.45) is 0 Å². The molecule has 0 fully saturated rings. The van der Waals surface area contributed by atoms with Crippen LogP contribution >= 0.6 is 27.5 Å². The van der Waals surface area contributed by atoms with E-state index in [4.69, 9.17) is 16.3 Å². The van der Waals surface area contributed by atoms with Gasteiger partial charge in [-0.2, -0.15) is 0 Å². The predicted octanol–water partition coefficient (Wildman–Crippen LogP) is 4.38. The molecular weight excluding hydrogens is 354 g/mol. The first kappa shape index (κ1) is 15.9. The van der Waals surface area contributed by atoms with E-state index < -0.39 is 0 Å². The second-order valence-corrected chi connectivity index (χ2v) is 5.92. The van der Waals surface area contributed by atoms with Crippen molar-refractivity contribution in [1.82, 2.24) is 4.90 Å². The fourth-order valence-electron chi connectivity index (χ4n) is 2.00. The van der Waals surface area contributed by atoms with E-state index >= 15 is 0 Å². The Kier molecular flexibility index (Phi) is 5.26. The largest absolute Gasteiger partial charge is 0.496 e. The van der Waals surface area contributed by atoms with Crippen LogP contribution in [0.4, 0.5) is 0 Å². The van der Waals surface area contributed by atoms with Crippen molar-refractivity contribution < 1.29 is 9.53 Å². The summed E-state index contributed by atoms with van der Waals surface area (Å²) in [5, 5.41) is 0.653. The second kappa shape index (κ2) is 6.96. The van der Waals surface area contributed by atoms with Crippen LogP contribution in [0.3, 0.4) is 0 Å². The first-order chi connectivity index (χ1) is 10.0. The normalized spacial score (nSPS) is 10.3. The first-order valence-corrected chi connectivity index (χ1v) is 7.52. The van der Waals surface area contributed by atoms with Gasteiger partial charge in [0.1, 0.15) is 5.75 Å². The van der Waals surface area contributed by atoms with Gasteiger partial charge in [-0.05, 0) is 29.8 Å². The minimum Gasteiger partial charge on any atom is -0.496 e. The van der Waals surface area contributed by atoms with Crippen molar-refractivity contribution >= 4 is 33.4 Å². The number of hydrogen-bond acceptors (Lipinski definition) is 2. The van der Waals surface area contributed by atoms with Gasteiger partial charge in [-0.3, -0.25) is 4.79 Å². The summed E-state index contributed by atoms with van der Waals surface area (Å²) in [6.45, 7) is 0.442. The number of hydrogen-bond donors (Lipinski definition) is 0. The zero-order chi connectivity index (χ0) is 15.4. The number of amides is 1. The zero-order valence-corrected chi connectivity index (χ0v) is 14.1. The van der Waals surface area contributed by atoms with Crippen molar-refractivity contribution in [3.05, 3.63) is 63.1 Å². The molecule has 0 unspecified atom stereocenters. The number of rotatable bonds is 4. The van der Waals surface area contributed by atoms with Crippen LogP contribution in [0.1, 0.15) is 15.9 Å². The summed E-state index contributed by atoms with van der Waals surface area (Å²) in [7, 11) is 3.29. The van der Waals surface area contributed by atoms with E-state index in [1.165, 1.54) is 0 Å². The third kappa shape index (κ3) is 3.77. The molecular formula is C16H15BrClNO2. The highest BCUT2D eigenvalue weighted by Crippen LogP contribution is 2.25. The van der Waals surface area contributed by atoms with Crippen molar-refractivity contribution in [3.8, 4) is 5.75 Å². The van der Waals surface area contributed by atoms with Crippen LogP contribution in [-0.4, -0.2) is 25.0 Å². The second-order valence-electron chi connectivity index (χ2n) is 4.60. The number of nitrogens with zero attached hydrogens (tertiary/aromatic N) is 1. The van der Waals surface area contributed by atoms with Crippen LogP contribution in [0.15, 0.2) is 46.9 Å². The molecule has 0 radical (unpaired) electrons. The van der Waals surface area contributed by atoms with Gasteiger partial charge in [0.2, 0.25) is 0 Å². The summed E-state index contributed by atoms with van der Waals surface area (Å²) in [4.78, 5) is 14.2. The summed E-state index contributed by atoms with van der Waals surface area (Å²) >= 11 is 9.49. The topological polar surface area (TPSA) is 29.5 Å². The van der Waals surface area contributed by atoms with Gasteiger partial charge in [0, 0.05) is 23.1 Å². The van der Waals surface area contributed by atoms with Crippen LogP contribution in [0.5, 0.6) is 5.75 Å². The van der Waals surface area contributed by atoms with E-state index in [2.05, 4.69) is 15.9 Å². The van der Waals surface area contributed by atoms with Crippen molar-refractivity contribution in [3.63, 3.8) is 0 Å².